The molecule has 0 amide bonds. The molecular formula is C14H21NO. The van der Waals surface area contributed by atoms with E-state index in [2.05, 4.69) is 36.5 Å². The second-order valence-corrected chi connectivity index (χ2v) is 4.56. The average molecular weight is 219 g/mol. The quantitative estimate of drug-likeness (QED) is 0.794. The van der Waals surface area contributed by atoms with Gasteiger partial charge >= 0.3 is 0 Å². The Balaban J connectivity index is 1.94. The Kier molecular flexibility index (Phi) is 3.83. The predicted molar refractivity (Wildman–Crippen MR) is 67.1 cm³/mol. The molecule has 1 atom stereocenters. The molecule has 2 rings (SSSR count). The van der Waals surface area contributed by atoms with Gasteiger partial charge in [-0.1, -0.05) is 19.1 Å². The second kappa shape index (κ2) is 5.35. The van der Waals surface area contributed by atoms with Crippen molar-refractivity contribution in [2.75, 3.05) is 13.7 Å². The van der Waals surface area contributed by atoms with Crippen LogP contribution in [0.1, 0.15) is 37.7 Å². The van der Waals surface area contributed by atoms with E-state index in [-0.39, 0.29) is 0 Å². The molecule has 0 radical (unpaired) electrons. The number of hydrogen-bond donors (Lipinski definition) is 1. The lowest BCUT2D eigenvalue weighted by Gasteiger charge is -2.16. The highest BCUT2D eigenvalue weighted by Crippen LogP contribution is 2.24. The van der Waals surface area contributed by atoms with Gasteiger partial charge in [0.05, 0.1) is 7.11 Å². The fourth-order valence-corrected chi connectivity index (χ4v) is 1.97. The van der Waals surface area contributed by atoms with Crippen molar-refractivity contribution in [3.8, 4) is 5.75 Å². The number of hydrogen-bond acceptors (Lipinski definition) is 2. The van der Waals surface area contributed by atoms with Crippen LogP contribution in [0.25, 0.3) is 0 Å². The van der Waals surface area contributed by atoms with Gasteiger partial charge in [0.25, 0.3) is 0 Å². The van der Waals surface area contributed by atoms with Gasteiger partial charge in [-0.05, 0) is 42.9 Å². The molecule has 0 bridgehead atoms. The largest absolute Gasteiger partial charge is 0.497 e. The van der Waals surface area contributed by atoms with Crippen molar-refractivity contribution in [1.82, 2.24) is 5.32 Å². The molecule has 1 fully saturated rings. The van der Waals surface area contributed by atoms with Crippen LogP contribution in [0.4, 0.5) is 0 Å². The van der Waals surface area contributed by atoms with Gasteiger partial charge in [-0.25, -0.2) is 0 Å². The minimum atomic E-state index is 0.631. The van der Waals surface area contributed by atoms with Crippen molar-refractivity contribution in [2.24, 2.45) is 0 Å². The molecule has 2 heteroatoms. The van der Waals surface area contributed by atoms with Crippen LogP contribution < -0.4 is 10.1 Å². The first-order chi connectivity index (χ1) is 7.83. The van der Waals surface area contributed by atoms with Gasteiger partial charge in [0.1, 0.15) is 5.75 Å². The molecule has 1 N–H and O–H groups in total. The summed E-state index contributed by atoms with van der Waals surface area (Å²) < 4.78 is 5.18. The molecule has 0 heterocycles. The van der Waals surface area contributed by atoms with Crippen molar-refractivity contribution in [1.29, 1.82) is 0 Å². The average Bonchev–Trinajstić information content (AvgIpc) is 3.15. The first kappa shape index (κ1) is 11.5. The zero-order valence-electron chi connectivity index (χ0n) is 10.2. The summed E-state index contributed by atoms with van der Waals surface area (Å²) in [6.45, 7) is 3.36. The van der Waals surface area contributed by atoms with Gasteiger partial charge in [-0.15, -0.1) is 0 Å². The van der Waals surface area contributed by atoms with E-state index >= 15 is 0 Å². The molecule has 0 aromatic heterocycles. The zero-order valence-corrected chi connectivity index (χ0v) is 10.2. The normalized spacial score (nSPS) is 17.1. The maximum Gasteiger partial charge on any atom is 0.118 e. The van der Waals surface area contributed by atoms with Gasteiger partial charge in [0.15, 0.2) is 0 Å². The molecule has 1 unspecified atom stereocenters. The molecule has 1 saturated carbocycles. The maximum atomic E-state index is 5.18. The smallest absolute Gasteiger partial charge is 0.118 e. The third kappa shape index (κ3) is 2.99. The summed E-state index contributed by atoms with van der Waals surface area (Å²) in [7, 11) is 1.71. The summed E-state index contributed by atoms with van der Waals surface area (Å²) in [5, 5.41) is 3.60. The zero-order chi connectivity index (χ0) is 11.4. The Hall–Kier alpha value is -1.02. The number of ether oxygens (including phenoxy) is 1. The third-order valence-electron chi connectivity index (χ3n) is 3.31. The number of rotatable bonds is 6. The van der Waals surface area contributed by atoms with E-state index in [0.717, 1.165) is 18.3 Å². The lowest BCUT2D eigenvalue weighted by molar-refractivity contribution is 0.414. The van der Waals surface area contributed by atoms with Crippen LogP contribution in [-0.4, -0.2) is 19.7 Å². The molecule has 1 aliphatic rings. The molecule has 1 aromatic carbocycles. The Morgan fingerprint density at radius 1 is 1.31 bits per heavy atom. The number of benzene rings is 1. The fraction of sp³-hybridized carbons (Fsp3) is 0.571. The third-order valence-corrected chi connectivity index (χ3v) is 3.31. The van der Waals surface area contributed by atoms with Crippen molar-refractivity contribution >= 4 is 0 Å². The number of methoxy groups -OCH3 is 1. The van der Waals surface area contributed by atoms with E-state index < -0.39 is 0 Å². The molecular weight excluding hydrogens is 198 g/mol. The van der Waals surface area contributed by atoms with E-state index in [4.69, 9.17) is 4.74 Å². The van der Waals surface area contributed by atoms with Crippen LogP contribution in [0, 0.1) is 0 Å². The van der Waals surface area contributed by atoms with E-state index in [0.29, 0.717) is 5.92 Å². The lowest BCUT2D eigenvalue weighted by Crippen LogP contribution is -2.23. The standard InChI is InChI=1S/C14H21NO/c1-3-11(10-15-13-6-7-13)12-4-8-14(16-2)9-5-12/h4-5,8-9,11,13,15H,3,6-7,10H2,1-2H3. The van der Waals surface area contributed by atoms with Gasteiger partial charge in [-0.3, -0.25) is 0 Å². The molecule has 0 aliphatic heterocycles. The molecule has 1 aromatic rings. The molecule has 2 nitrogen and oxygen atoms in total. The van der Waals surface area contributed by atoms with Crippen molar-refractivity contribution < 1.29 is 4.74 Å². The highest BCUT2D eigenvalue weighted by Gasteiger charge is 2.21. The Morgan fingerprint density at radius 3 is 2.50 bits per heavy atom. The molecule has 16 heavy (non-hydrogen) atoms. The van der Waals surface area contributed by atoms with Crippen LogP contribution in [0.15, 0.2) is 24.3 Å². The van der Waals surface area contributed by atoms with Crippen molar-refractivity contribution in [2.45, 2.75) is 38.1 Å². The van der Waals surface area contributed by atoms with Crippen LogP contribution >= 0.6 is 0 Å². The van der Waals surface area contributed by atoms with Crippen LogP contribution in [0.3, 0.4) is 0 Å². The monoisotopic (exact) mass is 219 g/mol. The van der Waals surface area contributed by atoms with Crippen LogP contribution in [-0.2, 0) is 0 Å². The first-order valence-corrected chi connectivity index (χ1v) is 6.20. The SMILES string of the molecule is CCC(CNC1CC1)c1ccc(OC)cc1. The predicted octanol–water partition coefficient (Wildman–Crippen LogP) is 2.94. The number of nitrogens with one attached hydrogen (secondary N) is 1. The molecule has 0 saturated heterocycles. The minimum Gasteiger partial charge on any atom is -0.497 e. The minimum absolute atomic E-state index is 0.631. The van der Waals surface area contributed by atoms with Crippen LogP contribution in [0.5, 0.6) is 5.75 Å². The lowest BCUT2D eigenvalue weighted by atomic mass is 9.96. The topological polar surface area (TPSA) is 21.3 Å². The highest BCUT2D eigenvalue weighted by atomic mass is 16.5. The van der Waals surface area contributed by atoms with Gasteiger partial charge in [0.2, 0.25) is 0 Å². The van der Waals surface area contributed by atoms with Gasteiger partial charge in [0, 0.05) is 12.6 Å². The van der Waals surface area contributed by atoms with E-state index in [9.17, 15) is 0 Å². The summed E-state index contributed by atoms with van der Waals surface area (Å²) in [6.07, 6.45) is 3.91. The highest BCUT2D eigenvalue weighted by molar-refractivity contribution is 5.29. The summed E-state index contributed by atoms with van der Waals surface area (Å²) >= 11 is 0. The van der Waals surface area contributed by atoms with E-state index in [1.54, 1.807) is 7.11 Å². The van der Waals surface area contributed by atoms with E-state index in [1.807, 2.05) is 0 Å². The second-order valence-electron chi connectivity index (χ2n) is 4.56. The molecule has 1 aliphatic carbocycles. The summed E-state index contributed by atoms with van der Waals surface area (Å²) in [4.78, 5) is 0. The Labute approximate surface area is 98.0 Å². The fourth-order valence-electron chi connectivity index (χ4n) is 1.97. The van der Waals surface area contributed by atoms with Gasteiger partial charge < -0.3 is 10.1 Å². The summed E-state index contributed by atoms with van der Waals surface area (Å²) in [5.41, 5.74) is 1.41. The summed E-state index contributed by atoms with van der Waals surface area (Å²) in [5.74, 6) is 1.57. The Bertz CT molecular complexity index is 316. The maximum absolute atomic E-state index is 5.18. The van der Waals surface area contributed by atoms with Crippen molar-refractivity contribution in [3.63, 3.8) is 0 Å². The van der Waals surface area contributed by atoms with E-state index in [1.165, 1.54) is 24.8 Å². The Morgan fingerprint density at radius 2 is 2.00 bits per heavy atom. The van der Waals surface area contributed by atoms with Crippen molar-refractivity contribution in [3.05, 3.63) is 29.8 Å². The van der Waals surface area contributed by atoms with Gasteiger partial charge in [-0.2, -0.15) is 0 Å². The molecule has 88 valence electrons. The first-order valence-electron chi connectivity index (χ1n) is 6.20. The van der Waals surface area contributed by atoms with Crippen LogP contribution in [0.2, 0.25) is 0 Å². The molecule has 0 spiro atoms. The summed E-state index contributed by atoms with van der Waals surface area (Å²) in [6, 6.07) is 9.26.